The maximum atomic E-state index is 13.0. The van der Waals surface area contributed by atoms with Crippen LogP contribution in [0.5, 0.6) is 5.75 Å². The van der Waals surface area contributed by atoms with Crippen LogP contribution in [0.3, 0.4) is 0 Å². The first-order valence-corrected chi connectivity index (χ1v) is 14.2. The molecular weight excluding hydrogens is 598 g/mol. The smallest absolute Gasteiger partial charge is 0.268 e. The van der Waals surface area contributed by atoms with Gasteiger partial charge in [0.2, 0.25) is 35.9 Å². The van der Waals surface area contributed by atoms with Crippen molar-refractivity contribution in [1.29, 1.82) is 0 Å². The van der Waals surface area contributed by atoms with Crippen LogP contribution >= 0.6 is 0 Å². The lowest BCUT2D eigenvalue weighted by molar-refractivity contribution is -0.173. The lowest BCUT2D eigenvalue weighted by atomic mass is 10.0. The van der Waals surface area contributed by atoms with Crippen molar-refractivity contribution in [3.05, 3.63) is 29.8 Å². The molecule has 0 saturated carbocycles. The maximum absolute atomic E-state index is 13.0. The summed E-state index contributed by atoms with van der Waals surface area (Å²) in [7, 11) is 0. The molecule has 0 bridgehead atoms. The summed E-state index contributed by atoms with van der Waals surface area (Å²) < 4.78 is 5.41. The summed E-state index contributed by atoms with van der Waals surface area (Å²) in [6.45, 7) is -1.11. The molecule has 246 valence electrons. The Morgan fingerprint density at radius 3 is 2.62 bits per heavy atom. The van der Waals surface area contributed by atoms with E-state index in [1.807, 2.05) is 0 Å². The summed E-state index contributed by atoms with van der Waals surface area (Å²) in [5, 5.41) is 49.2. The number of rotatable bonds is 16. The number of piperidine rings is 1. The van der Waals surface area contributed by atoms with Gasteiger partial charge in [-0.2, -0.15) is 0 Å². The molecule has 18 heteroatoms. The van der Waals surface area contributed by atoms with Crippen LogP contribution in [0.25, 0.3) is 0 Å². The fourth-order valence-corrected chi connectivity index (χ4v) is 4.50. The van der Waals surface area contributed by atoms with Crippen molar-refractivity contribution in [3.63, 3.8) is 0 Å². The van der Waals surface area contributed by atoms with E-state index in [1.165, 1.54) is 6.07 Å². The first kappa shape index (κ1) is 34.7. The van der Waals surface area contributed by atoms with Crippen LogP contribution in [-0.4, -0.2) is 130 Å². The van der Waals surface area contributed by atoms with E-state index in [4.69, 9.17) is 4.74 Å². The number of para-hydroxylation sites is 1. The molecule has 1 fully saturated rings. The van der Waals surface area contributed by atoms with E-state index in [9.17, 15) is 49.4 Å². The largest absolute Gasteiger partial charge is 0.507 e. The third-order valence-electron chi connectivity index (χ3n) is 6.94. The first-order chi connectivity index (χ1) is 21.5. The van der Waals surface area contributed by atoms with Crippen LogP contribution in [-0.2, 0) is 33.5 Å². The third-order valence-corrected chi connectivity index (χ3v) is 6.94. The standard InChI is InChI=1S/C27H37N7O11/c35-13-19(29-22(38)9-10-28-23(39)20-14-45-26(32-20)16-5-1-2-8-21(16)37)25(41)30-17(6-3-11-33(43)15-36)24(40)31-18-7-4-12-34(44)27(18)42/h1-2,5,8,15,17-20,35,37,43-44H,3-4,6-7,9-14H2,(H,28,39)(H,29,38)(H,30,41)(H,31,40)/t17-,18-,19+,20-/m0/s1. The molecule has 45 heavy (non-hydrogen) atoms. The summed E-state index contributed by atoms with van der Waals surface area (Å²) >= 11 is 0. The van der Waals surface area contributed by atoms with Crippen LogP contribution in [0.4, 0.5) is 0 Å². The number of aromatic hydroxyl groups is 1. The van der Waals surface area contributed by atoms with E-state index in [-0.39, 0.29) is 70.0 Å². The second-order valence-corrected chi connectivity index (χ2v) is 10.3. The molecule has 0 aromatic heterocycles. The van der Waals surface area contributed by atoms with Gasteiger partial charge < -0.3 is 36.2 Å². The van der Waals surface area contributed by atoms with Gasteiger partial charge >= 0.3 is 0 Å². The Morgan fingerprint density at radius 1 is 1.16 bits per heavy atom. The van der Waals surface area contributed by atoms with Crippen molar-refractivity contribution in [3.8, 4) is 5.75 Å². The van der Waals surface area contributed by atoms with Crippen molar-refractivity contribution in [1.82, 2.24) is 31.4 Å². The number of nitrogens with one attached hydrogen (secondary N) is 4. The van der Waals surface area contributed by atoms with E-state index in [0.29, 0.717) is 22.1 Å². The average Bonchev–Trinajstić information content (AvgIpc) is 3.52. The number of aliphatic imine (C=N–C) groups is 1. The highest BCUT2D eigenvalue weighted by atomic mass is 16.5. The molecule has 18 nitrogen and oxygen atoms in total. The monoisotopic (exact) mass is 635 g/mol. The van der Waals surface area contributed by atoms with E-state index in [0.717, 1.165) is 0 Å². The number of aliphatic hydroxyl groups excluding tert-OH is 1. The summed E-state index contributed by atoms with van der Waals surface area (Å²) in [6.07, 6.45) is 0.515. The first-order valence-electron chi connectivity index (χ1n) is 14.2. The second kappa shape index (κ2) is 16.9. The van der Waals surface area contributed by atoms with Crippen molar-refractivity contribution in [2.75, 3.05) is 32.8 Å². The van der Waals surface area contributed by atoms with Crippen molar-refractivity contribution < 1.29 is 54.1 Å². The number of nitrogens with zero attached hydrogens (tertiary/aromatic N) is 3. The molecular formula is C27H37N7O11. The van der Waals surface area contributed by atoms with Gasteiger partial charge in [0.15, 0.2) is 6.04 Å². The Kier molecular flexibility index (Phi) is 13.0. The van der Waals surface area contributed by atoms with Gasteiger partial charge in [0, 0.05) is 26.1 Å². The zero-order valence-electron chi connectivity index (χ0n) is 24.3. The van der Waals surface area contributed by atoms with Gasteiger partial charge in [-0.15, -0.1) is 0 Å². The zero-order chi connectivity index (χ0) is 32.9. The third kappa shape index (κ3) is 10.1. The highest BCUT2D eigenvalue weighted by Gasteiger charge is 2.33. The number of benzene rings is 1. The number of amides is 6. The molecule has 1 saturated heterocycles. The van der Waals surface area contributed by atoms with Gasteiger partial charge in [-0.3, -0.25) is 39.2 Å². The molecule has 0 aliphatic carbocycles. The van der Waals surface area contributed by atoms with Gasteiger partial charge in [-0.25, -0.2) is 15.1 Å². The molecule has 2 aliphatic rings. The number of ether oxygens (including phenoxy) is 1. The molecule has 4 atom stereocenters. The summed E-state index contributed by atoms with van der Waals surface area (Å²) in [6, 6.07) is 1.61. The minimum Gasteiger partial charge on any atom is -0.507 e. The number of carbonyl (C=O) groups is 6. The molecule has 0 radical (unpaired) electrons. The number of hydrogen-bond donors (Lipinski definition) is 8. The second-order valence-electron chi connectivity index (χ2n) is 10.3. The lowest BCUT2D eigenvalue weighted by Gasteiger charge is -2.29. The fraction of sp³-hybridized carbons (Fsp3) is 0.519. The van der Waals surface area contributed by atoms with E-state index >= 15 is 0 Å². The molecule has 1 aromatic carbocycles. The van der Waals surface area contributed by atoms with E-state index < -0.39 is 60.3 Å². The Hall–Kier alpha value is -4.81. The number of hydrogen-bond acceptors (Lipinski definition) is 12. The molecule has 8 N–H and O–H groups in total. The predicted molar refractivity (Wildman–Crippen MR) is 151 cm³/mol. The van der Waals surface area contributed by atoms with Gasteiger partial charge in [0.25, 0.3) is 5.91 Å². The number of hydroxylamine groups is 4. The van der Waals surface area contributed by atoms with Crippen LogP contribution < -0.4 is 21.3 Å². The van der Waals surface area contributed by atoms with Gasteiger partial charge in [0.1, 0.15) is 30.5 Å². The van der Waals surface area contributed by atoms with Crippen molar-refractivity contribution in [2.45, 2.75) is 56.3 Å². The molecule has 1 aromatic rings. The zero-order valence-corrected chi connectivity index (χ0v) is 24.3. The minimum absolute atomic E-state index is 0.0538. The molecule has 2 heterocycles. The SMILES string of the molecule is O=CN(O)CCC[C@H](NC(=O)[C@@H](CO)NC(=O)CCNC(=O)[C@@H]1COC(c2ccccc2O)=N1)C(=O)N[C@H]1CCCN(O)C1=O. The summed E-state index contributed by atoms with van der Waals surface area (Å²) in [5.41, 5.74) is 0.329. The maximum Gasteiger partial charge on any atom is 0.268 e. The molecule has 0 unspecified atom stereocenters. The number of carbonyl (C=O) groups excluding carboxylic acids is 6. The Labute approximate surface area is 257 Å². The lowest BCUT2D eigenvalue weighted by Crippen LogP contribution is -2.58. The Bertz CT molecular complexity index is 1280. The normalized spacial score (nSPS) is 19.0. The van der Waals surface area contributed by atoms with Gasteiger partial charge in [-0.1, -0.05) is 12.1 Å². The molecule has 0 spiro atoms. The fourth-order valence-electron chi connectivity index (χ4n) is 4.50. The Morgan fingerprint density at radius 2 is 1.91 bits per heavy atom. The molecule has 2 aliphatic heterocycles. The van der Waals surface area contributed by atoms with Crippen LogP contribution in [0, 0.1) is 0 Å². The Balaban J connectivity index is 1.51. The summed E-state index contributed by atoms with van der Waals surface area (Å²) in [4.78, 5) is 77.8. The van der Waals surface area contributed by atoms with Gasteiger partial charge in [0.05, 0.1) is 12.2 Å². The summed E-state index contributed by atoms with van der Waals surface area (Å²) in [5.74, 6) is -3.64. The number of aliphatic hydroxyl groups is 1. The minimum atomic E-state index is -1.48. The number of phenolic OH excluding ortho intramolecular Hbond substituents is 1. The van der Waals surface area contributed by atoms with Crippen molar-refractivity contribution >= 4 is 41.8 Å². The predicted octanol–water partition coefficient (Wildman–Crippen LogP) is -2.87. The molecule has 3 rings (SSSR count). The van der Waals surface area contributed by atoms with E-state index in [1.54, 1.807) is 18.2 Å². The van der Waals surface area contributed by atoms with Crippen molar-refractivity contribution in [2.24, 2.45) is 4.99 Å². The van der Waals surface area contributed by atoms with Crippen LogP contribution in [0.1, 0.15) is 37.7 Å². The van der Waals surface area contributed by atoms with Gasteiger partial charge in [-0.05, 0) is 37.8 Å². The highest BCUT2D eigenvalue weighted by Crippen LogP contribution is 2.21. The van der Waals surface area contributed by atoms with Crippen LogP contribution in [0.15, 0.2) is 29.3 Å². The molecule has 6 amide bonds. The average molecular weight is 636 g/mol. The topological polar surface area (TPSA) is 260 Å². The quantitative estimate of drug-likeness (QED) is 0.0520. The highest BCUT2D eigenvalue weighted by molar-refractivity contribution is 6.00. The van der Waals surface area contributed by atoms with Crippen LogP contribution in [0.2, 0.25) is 0 Å². The van der Waals surface area contributed by atoms with E-state index in [2.05, 4.69) is 26.3 Å². The number of phenols is 1.